The van der Waals surface area contributed by atoms with Crippen LogP contribution in [0.1, 0.15) is 29.0 Å². The Kier molecular flexibility index (Phi) is 5.32. The number of halogens is 2. The summed E-state index contributed by atoms with van der Waals surface area (Å²) in [5.41, 5.74) is 1.84. The Labute approximate surface area is 172 Å². The quantitative estimate of drug-likeness (QED) is 0.446. The maximum Gasteiger partial charge on any atom is 0.257 e. The molecule has 28 heavy (non-hydrogen) atoms. The van der Waals surface area contributed by atoms with E-state index in [4.69, 9.17) is 0 Å². The molecule has 0 spiro atoms. The summed E-state index contributed by atoms with van der Waals surface area (Å²) in [4.78, 5) is 32.2. The highest BCUT2D eigenvalue weighted by Gasteiger charge is 2.30. The van der Waals surface area contributed by atoms with Crippen molar-refractivity contribution in [3.05, 3.63) is 85.9 Å². The molecule has 0 radical (unpaired) electrons. The van der Waals surface area contributed by atoms with Crippen molar-refractivity contribution in [2.45, 2.75) is 23.2 Å². The van der Waals surface area contributed by atoms with E-state index in [0.717, 1.165) is 15.6 Å². The van der Waals surface area contributed by atoms with Crippen molar-refractivity contribution in [3.8, 4) is 0 Å². The summed E-state index contributed by atoms with van der Waals surface area (Å²) in [6, 6.07) is 13.8. The molecule has 0 aliphatic carbocycles. The number of amides is 1. The van der Waals surface area contributed by atoms with Crippen LogP contribution in [0.3, 0.4) is 0 Å². The number of thioether (sulfide) groups is 1. The standard InChI is InChI=1S/C20H15BrFN3O2S/c21-13-6-4-12(5-7-13)15-9-16(26)23-18-17(15)19(27)25-20(24-18)28-10-11-2-1-3-14(22)8-11/h1-8,15H,9-10H2,(H2,23,24,25,26,27). The molecule has 2 aromatic carbocycles. The fourth-order valence-electron chi connectivity index (χ4n) is 3.18. The predicted octanol–water partition coefficient (Wildman–Crippen LogP) is 4.44. The van der Waals surface area contributed by atoms with E-state index in [0.29, 0.717) is 16.5 Å². The molecule has 1 aliphatic heterocycles. The van der Waals surface area contributed by atoms with Gasteiger partial charge in [-0.05, 0) is 35.4 Å². The Morgan fingerprint density at radius 3 is 2.71 bits per heavy atom. The van der Waals surface area contributed by atoms with Gasteiger partial charge in [-0.15, -0.1) is 0 Å². The number of nitrogens with zero attached hydrogens (tertiary/aromatic N) is 1. The van der Waals surface area contributed by atoms with Gasteiger partial charge in [-0.1, -0.05) is 52.0 Å². The molecule has 2 N–H and O–H groups in total. The second kappa shape index (κ2) is 7.89. The molecule has 8 heteroatoms. The van der Waals surface area contributed by atoms with E-state index in [9.17, 15) is 14.0 Å². The molecule has 0 fully saturated rings. The number of fused-ring (bicyclic) bond motifs is 1. The Bertz CT molecular complexity index is 1100. The van der Waals surface area contributed by atoms with E-state index >= 15 is 0 Å². The van der Waals surface area contributed by atoms with Gasteiger partial charge in [-0.3, -0.25) is 9.59 Å². The smallest absolute Gasteiger partial charge is 0.257 e. The molecule has 1 atom stereocenters. The van der Waals surface area contributed by atoms with Gasteiger partial charge in [0.1, 0.15) is 11.6 Å². The van der Waals surface area contributed by atoms with Crippen LogP contribution in [0.25, 0.3) is 0 Å². The van der Waals surface area contributed by atoms with Crippen molar-refractivity contribution >= 4 is 39.4 Å². The summed E-state index contributed by atoms with van der Waals surface area (Å²) in [6.07, 6.45) is 0.190. The molecule has 2 heterocycles. The number of rotatable bonds is 4. The van der Waals surface area contributed by atoms with Gasteiger partial charge < -0.3 is 10.3 Å². The summed E-state index contributed by atoms with van der Waals surface area (Å²) in [7, 11) is 0. The number of aromatic amines is 1. The van der Waals surface area contributed by atoms with Gasteiger partial charge >= 0.3 is 0 Å². The molecule has 3 aromatic rings. The van der Waals surface area contributed by atoms with Crippen molar-refractivity contribution in [1.82, 2.24) is 9.97 Å². The van der Waals surface area contributed by atoms with Crippen molar-refractivity contribution in [2.24, 2.45) is 0 Å². The van der Waals surface area contributed by atoms with Crippen molar-refractivity contribution in [3.63, 3.8) is 0 Å². The largest absolute Gasteiger partial charge is 0.310 e. The topological polar surface area (TPSA) is 74.8 Å². The molecular weight excluding hydrogens is 445 g/mol. The number of anilines is 1. The third-order valence-corrected chi connectivity index (χ3v) is 5.94. The Balaban J connectivity index is 1.65. The first-order valence-electron chi connectivity index (χ1n) is 8.56. The zero-order valence-corrected chi connectivity index (χ0v) is 16.9. The van der Waals surface area contributed by atoms with E-state index < -0.39 is 0 Å². The van der Waals surface area contributed by atoms with E-state index in [1.165, 1.54) is 23.9 Å². The lowest BCUT2D eigenvalue weighted by atomic mass is 9.87. The molecule has 1 unspecified atom stereocenters. The summed E-state index contributed by atoms with van der Waals surface area (Å²) in [6.45, 7) is 0. The maximum absolute atomic E-state index is 13.3. The molecule has 1 amide bonds. The molecule has 1 aromatic heterocycles. The van der Waals surface area contributed by atoms with Crippen LogP contribution in [-0.4, -0.2) is 15.9 Å². The number of carbonyl (C=O) groups is 1. The van der Waals surface area contributed by atoms with E-state index in [2.05, 4.69) is 31.2 Å². The van der Waals surface area contributed by atoms with Crippen LogP contribution in [-0.2, 0) is 10.5 Å². The van der Waals surface area contributed by atoms with Gasteiger partial charge in [0.2, 0.25) is 5.91 Å². The molecule has 142 valence electrons. The minimum Gasteiger partial charge on any atom is -0.310 e. The predicted molar refractivity (Wildman–Crippen MR) is 110 cm³/mol. The maximum atomic E-state index is 13.3. The van der Waals surface area contributed by atoms with Gasteiger partial charge in [0.15, 0.2) is 5.16 Å². The molecule has 0 bridgehead atoms. The monoisotopic (exact) mass is 459 g/mol. The molecule has 5 nitrogen and oxygen atoms in total. The zero-order valence-electron chi connectivity index (χ0n) is 14.5. The average Bonchev–Trinajstić information content (AvgIpc) is 2.66. The lowest BCUT2D eigenvalue weighted by Crippen LogP contribution is -2.31. The normalized spacial score (nSPS) is 15.8. The first-order valence-corrected chi connectivity index (χ1v) is 10.3. The fraction of sp³-hybridized carbons (Fsp3) is 0.150. The molecule has 1 aliphatic rings. The number of nitrogens with one attached hydrogen (secondary N) is 2. The van der Waals surface area contributed by atoms with Crippen LogP contribution in [0, 0.1) is 5.82 Å². The Morgan fingerprint density at radius 2 is 1.96 bits per heavy atom. The minimum absolute atomic E-state index is 0.181. The van der Waals surface area contributed by atoms with Gasteiger partial charge in [0.25, 0.3) is 5.56 Å². The number of carbonyl (C=O) groups excluding carboxylic acids is 1. The SMILES string of the molecule is O=C1CC(c2ccc(Br)cc2)c2c(nc(SCc3cccc(F)c3)[nH]c2=O)N1. The van der Waals surface area contributed by atoms with Crippen LogP contribution in [0.4, 0.5) is 10.2 Å². The van der Waals surface area contributed by atoms with Gasteiger partial charge in [0, 0.05) is 22.6 Å². The molecular formula is C20H15BrFN3O2S. The number of hydrogen-bond donors (Lipinski definition) is 2. The van der Waals surface area contributed by atoms with Crippen LogP contribution in [0.2, 0.25) is 0 Å². The highest BCUT2D eigenvalue weighted by molar-refractivity contribution is 9.10. The molecule has 0 saturated carbocycles. The Hall–Kier alpha value is -2.45. The first kappa shape index (κ1) is 18.9. The van der Waals surface area contributed by atoms with E-state index in [1.807, 2.05) is 24.3 Å². The van der Waals surface area contributed by atoms with E-state index in [1.54, 1.807) is 12.1 Å². The van der Waals surface area contributed by atoms with E-state index in [-0.39, 0.29) is 35.4 Å². The summed E-state index contributed by atoms with van der Waals surface area (Å²) in [5.74, 6) is -0.108. The third kappa shape index (κ3) is 4.02. The molecule has 4 rings (SSSR count). The lowest BCUT2D eigenvalue weighted by Gasteiger charge is -2.24. The fourth-order valence-corrected chi connectivity index (χ4v) is 4.25. The van der Waals surface area contributed by atoms with Crippen molar-refractivity contribution in [1.29, 1.82) is 0 Å². The average molecular weight is 460 g/mol. The first-order chi connectivity index (χ1) is 13.5. The summed E-state index contributed by atoms with van der Waals surface area (Å²) < 4.78 is 14.2. The van der Waals surface area contributed by atoms with Crippen LogP contribution < -0.4 is 10.9 Å². The van der Waals surface area contributed by atoms with Gasteiger partial charge in [0.05, 0.1) is 5.56 Å². The third-order valence-electron chi connectivity index (χ3n) is 4.47. The Morgan fingerprint density at radius 1 is 1.18 bits per heavy atom. The zero-order chi connectivity index (χ0) is 19.7. The second-order valence-electron chi connectivity index (χ2n) is 6.41. The van der Waals surface area contributed by atoms with Crippen molar-refractivity contribution < 1.29 is 9.18 Å². The highest BCUT2D eigenvalue weighted by Crippen LogP contribution is 2.35. The van der Waals surface area contributed by atoms with Gasteiger partial charge in [-0.25, -0.2) is 9.37 Å². The van der Waals surface area contributed by atoms with Gasteiger partial charge in [-0.2, -0.15) is 0 Å². The number of hydrogen-bond acceptors (Lipinski definition) is 4. The number of H-pyrrole nitrogens is 1. The van der Waals surface area contributed by atoms with Crippen LogP contribution in [0.15, 0.2) is 63.0 Å². The second-order valence-corrected chi connectivity index (χ2v) is 8.29. The summed E-state index contributed by atoms with van der Waals surface area (Å²) >= 11 is 4.67. The lowest BCUT2D eigenvalue weighted by molar-refractivity contribution is -0.116. The molecule has 0 saturated heterocycles. The highest BCUT2D eigenvalue weighted by atomic mass is 79.9. The van der Waals surface area contributed by atoms with Crippen LogP contribution in [0.5, 0.6) is 0 Å². The van der Waals surface area contributed by atoms with Crippen LogP contribution >= 0.6 is 27.7 Å². The number of benzene rings is 2. The minimum atomic E-state index is -0.352. The summed E-state index contributed by atoms with van der Waals surface area (Å²) in [5, 5.41) is 3.09. The van der Waals surface area contributed by atoms with Crippen molar-refractivity contribution in [2.75, 3.05) is 5.32 Å². The number of aromatic nitrogens is 2.